The molecule has 0 saturated carbocycles. The van der Waals surface area contributed by atoms with Crippen molar-refractivity contribution in [1.29, 1.82) is 0 Å². The summed E-state index contributed by atoms with van der Waals surface area (Å²) < 4.78 is 5.43. The van der Waals surface area contributed by atoms with E-state index in [1.165, 1.54) is 0 Å². The van der Waals surface area contributed by atoms with Gasteiger partial charge in [0.05, 0.1) is 19.1 Å². The molecule has 114 valence electrons. The number of ether oxygens (including phenoxy) is 1. The Morgan fingerprint density at radius 2 is 1.90 bits per heavy atom. The molecule has 8 heteroatoms. The third-order valence-electron chi connectivity index (χ3n) is 3.05. The number of nitrogens with zero attached hydrogens (tertiary/aromatic N) is 1. The van der Waals surface area contributed by atoms with Crippen molar-refractivity contribution in [3.63, 3.8) is 0 Å². The van der Waals surface area contributed by atoms with E-state index >= 15 is 0 Å². The highest BCUT2D eigenvalue weighted by Gasteiger charge is 2.23. The first-order chi connectivity index (χ1) is 9.49. The summed E-state index contributed by atoms with van der Waals surface area (Å²) >= 11 is 0. The second kappa shape index (κ2) is 8.36. The first kappa shape index (κ1) is 16.2. The number of hydrogen-bond acceptors (Lipinski definition) is 4. The minimum absolute atomic E-state index is 0.00372. The normalized spacial score (nSPS) is 15.9. The van der Waals surface area contributed by atoms with E-state index in [9.17, 15) is 14.4 Å². The van der Waals surface area contributed by atoms with Gasteiger partial charge in [-0.25, -0.2) is 4.79 Å². The number of carboxylic acid groups (broad SMARTS) is 1. The quantitative estimate of drug-likeness (QED) is 0.584. The van der Waals surface area contributed by atoms with Crippen LogP contribution in [-0.4, -0.2) is 60.3 Å². The number of nitrogens with two attached hydrogens (primary N) is 1. The van der Waals surface area contributed by atoms with Crippen LogP contribution in [0.2, 0.25) is 0 Å². The lowest BCUT2D eigenvalue weighted by Crippen LogP contribution is -2.46. The Morgan fingerprint density at radius 3 is 2.45 bits per heavy atom. The molecule has 0 spiro atoms. The molecule has 0 atom stereocenters. The fraction of sp³-hybridized carbons (Fsp3) is 0.750. The number of carbonyl (C=O) groups excluding carboxylic acids is 2. The number of likely N-dealkylation sites (tertiary alicyclic amines) is 1. The first-order valence-corrected chi connectivity index (χ1v) is 6.63. The largest absolute Gasteiger partial charge is 0.481 e. The van der Waals surface area contributed by atoms with Gasteiger partial charge < -0.3 is 25.8 Å². The van der Waals surface area contributed by atoms with Gasteiger partial charge in [-0.1, -0.05) is 0 Å². The Hall–Kier alpha value is -1.83. The van der Waals surface area contributed by atoms with Crippen LogP contribution in [-0.2, 0) is 14.3 Å². The second-order valence-electron chi connectivity index (χ2n) is 4.65. The summed E-state index contributed by atoms with van der Waals surface area (Å²) in [6.45, 7) is 1.55. The van der Waals surface area contributed by atoms with Crippen molar-refractivity contribution in [1.82, 2.24) is 10.2 Å². The minimum Gasteiger partial charge on any atom is -0.481 e. The highest BCUT2D eigenvalue weighted by Crippen LogP contribution is 2.13. The molecule has 3 amide bonds. The fourth-order valence-corrected chi connectivity index (χ4v) is 1.94. The van der Waals surface area contributed by atoms with Gasteiger partial charge in [-0.15, -0.1) is 0 Å². The summed E-state index contributed by atoms with van der Waals surface area (Å²) in [5.41, 5.74) is 4.98. The summed E-state index contributed by atoms with van der Waals surface area (Å²) in [5.74, 6) is -1.33. The zero-order valence-electron chi connectivity index (χ0n) is 11.3. The van der Waals surface area contributed by atoms with Crippen molar-refractivity contribution < 1.29 is 24.2 Å². The van der Waals surface area contributed by atoms with Crippen molar-refractivity contribution in [2.75, 3.05) is 26.2 Å². The lowest BCUT2D eigenvalue weighted by molar-refractivity contribution is -0.138. The molecule has 1 aliphatic rings. The van der Waals surface area contributed by atoms with Crippen molar-refractivity contribution in [2.45, 2.75) is 31.8 Å². The number of carboxylic acids is 1. The Labute approximate surface area is 117 Å². The van der Waals surface area contributed by atoms with Gasteiger partial charge in [-0.05, 0) is 12.8 Å². The third kappa shape index (κ3) is 6.37. The van der Waals surface area contributed by atoms with Crippen LogP contribution in [0, 0.1) is 0 Å². The van der Waals surface area contributed by atoms with Gasteiger partial charge in [-0.3, -0.25) is 9.59 Å². The number of amides is 3. The molecule has 0 aromatic carbocycles. The van der Waals surface area contributed by atoms with Crippen LogP contribution >= 0.6 is 0 Å². The van der Waals surface area contributed by atoms with Crippen molar-refractivity contribution in [3.05, 3.63) is 0 Å². The molecule has 4 N–H and O–H groups in total. The molecule has 0 aromatic rings. The number of aliphatic carboxylic acids is 1. The van der Waals surface area contributed by atoms with Gasteiger partial charge in [0.15, 0.2) is 0 Å². The number of rotatable bonds is 7. The summed E-state index contributed by atoms with van der Waals surface area (Å²) in [6.07, 6.45) is 1.49. The highest BCUT2D eigenvalue weighted by molar-refractivity contribution is 5.77. The molecule has 1 rings (SSSR count). The van der Waals surface area contributed by atoms with E-state index in [2.05, 4.69) is 5.32 Å². The van der Waals surface area contributed by atoms with Gasteiger partial charge in [0.1, 0.15) is 0 Å². The van der Waals surface area contributed by atoms with E-state index in [1.54, 1.807) is 4.90 Å². The average Bonchev–Trinajstić information content (AvgIpc) is 2.38. The van der Waals surface area contributed by atoms with Crippen molar-refractivity contribution in [2.24, 2.45) is 5.73 Å². The molecule has 1 saturated heterocycles. The molecule has 8 nitrogen and oxygen atoms in total. The number of primary amides is 1. The van der Waals surface area contributed by atoms with Crippen LogP contribution in [0.1, 0.15) is 25.7 Å². The van der Waals surface area contributed by atoms with Crippen LogP contribution in [0.15, 0.2) is 0 Å². The maximum absolute atomic E-state index is 11.7. The first-order valence-electron chi connectivity index (χ1n) is 6.63. The van der Waals surface area contributed by atoms with Crippen molar-refractivity contribution >= 4 is 17.9 Å². The van der Waals surface area contributed by atoms with Gasteiger partial charge in [0.2, 0.25) is 5.91 Å². The molecule has 0 bridgehead atoms. The van der Waals surface area contributed by atoms with E-state index in [0.29, 0.717) is 25.9 Å². The Bertz CT molecular complexity index is 353. The summed E-state index contributed by atoms with van der Waals surface area (Å²) in [6, 6.07) is -0.213. The topological polar surface area (TPSA) is 122 Å². The molecule has 0 aliphatic carbocycles. The van der Waals surface area contributed by atoms with E-state index < -0.39 is 11.9 Å². The highest BCUT2D eigenvalue weighted by atomic mass is 16.5. The molecule has 1 heterocycles. The Kier molecular flexibility index (Phi) is 6.78. The van der Waals surface area contributed by atoms with E-state index in [0.717, 1.165) is 0 Å². The van der Waals surface area contributed by atoms with Gasteiger partial charge in [-0.2, -0.15) is 0 Å². The van der Waals surface area contributed by atoms with Crippen LogP contribution in [0.5, 0.6) is 0 Å². The third-order valence-corrected chi connectivity index (χ3v) is 3.05. The number of hydrogen-bond donors (Lipinski definition) is 3. The zero-order valence-corrected chi connectivity index (χ0v) is 11.3. The minimum atomic E-state index is -0.878. The Morgan fingerprint density at radius 1 is 1.25 bits per heavy atom. The van der Waals surface area contributed by atoms with E-state index in [-0.39, 0.29) is 38.1 Å². The number of carbonyl (C=O) groups is 3. The monoisotopic (exact) mass is 287 g/mol. The van der Waals surface area contributed by atoms with Crippen molar-refractivity contribution in [3.8, 4) is 0 Å². The Balaban J connectivity index is 2.16. The summed E-state index contributed by atoms with van der Waals surface area (Å²) in [4.78, 5) is 34.3. The smallest absolute Gasteiger partial charge is 0.317 e. The number of nitrogens with one attached hydrogen (secondary N) is 1. The maximum atomic E-state index is 11.7. The zero-order chi connectivity index (χ0) is 15.0. The molecule has 1 aliphatic heterocycles. The maximum Gasteiger partial charge on any atom is 0.317 e. The number of urea groups is 1. The predicted octanol–water partition coefficient (Wildman–Crippen LogP) is -0.473. The van der Waals surface area contributed by atoms with E-state index in [4.69, 9.17) is 15.6 Å². The molecule has 0 aromatic heterocycles. The molecular weight excluding hydrogens is 266 g/mol. The van der Waals surface area contributed by atoms with Crippen LogP contribution < -0.4 is 11.1 Å². The molecular formula is C12H21N3O5. The van der Waals surface area contributed by atoms with Crippen LogP contribution in [0.3, 0.4) is 0 Å². The summed E-state index contributed by atoms with van der Waals surface area (Å²) in [7, 11) is 0. The lowest BCUT2D eigenvalue weighted by atomic mass is 10.1. The average molecular weight is 287 g/mol. The standard InChI is InChI=1S/C12H21N3O5/c13-10(16)1-5-14-12(19)15-6-2-9(3-7-15)20-8-4-11(17)18/h9H,1-8H2,(H2,13,16)(H,14,19)(H,17,18). The summed E-state index contributed by atoms with van der Waals surface area (Å²) in [5, 5.41) is 11.1. The molecule has 0 unspecified atom stereocenters. The fourth-order valence-electron chi connectivity index (χ4n) is 1.94. The second-order valence-corrected chi connectivity index (χ2v) is 4.65. The van der Waals surface area contributed by atoms with Crippen LogP contribution in [0.25, 0.3) is 0 Å². The van der Waals surface area contributed by atoms with Gasteiger partial charge in [0, 0.05) is 26.1 Å². The SMILES string of the molecule is NC(=O)CCNC(=O)N1CCC(OCCC(=O)O)CC1. The molecule has 0 radical (unpaired) electrons. The van der Waals surface area contributed by atoms with Crippen LogP contribution in [0.4, 0.5) is 4.79 Å². The predicted molar refractivity (Wildman–Crippen MR) is 70.0 cm³/mol. The number of piperidine rings is 1. The molecule has 20 heavy (non-hydrogen) atoms. The lowest BCUT2D eigenvalue weighted by Gasteiger charge is -2.31. The van der Waals surface area contributed by atoms with E-state index in [1.807, 2.05) is 0 Å². The van der Waals surface area contributed by atoms with Gasteiger partial charge in [0.25, 0.3) is 0 Å². The van der Waals surface area contributed by atoms with Gasteiger partial charge >= 0.3 is 12.0 Å². The molecule has 1 fully saturated rings.